The summed E-state index contributed by atoms with van der Waals surface area (Å²) in [5, 5.41) is 0.214. The third-order valence-corrected chi connectivity index (χ3v) is 3.38. The molecule has 8 heteroatoms. The first-order chi connectivity index (χ1) is 11.1. The molecule has 0 spiro atoms. The Balaban J connectivity index is 1.70. The Morgan fingerprint density at radius 2 is 1.83 bits per heavy atom. The van der Waals surface area contributed by atoms with E-state index in [9.17, 15) is 14.0 Å². The molecule has 1 aliphatic heterocycles. The van der Waals surface area contributed by atoms with E-state index in [2.05, 4.69) is 10.9 Å². The molecule has 0 atom stereocenters. The summed E-state index contributed by atoms with van der Waals surface area (Å²) >= 11 is 5.98. The smallest absolute Gasteiger partial charge is 0.272 e. The number of carbonyl (C=O) groups excluding carboxylic acids is 2. The third kappa shape index (κ3) is 3.04. The normalized spacial score (nSPS) is 11.9. The predicted octanol–water partition coefficient (Wildman–Crippen LogP) is 2.28. The van der Waals surface area contributed by atoms with Gasteiger partial charge in [-0.2, -0.15) is 0 Å². The zero-order valence-corrected chi connectivity index (χ0v) is 12.3. The summed E-state index contributed by atoms with van der Waals surface area (Å²) in [5.41, 5.74) is 4.29. The van der Waals surface area contributed by atoms with Crippen LogP contribution >= 0.6 is 11.6 Å². The lowest BCUT2D eigenvalue weighted by molar-refractivity contribution is 0.0844. The predicted molar refractivity (Wildman–Crippen MR) is 78.9 cm³/mol. The van der Waals surface area contributed by atoms with Crippen LogP contribution in [0.25, 0.3) is 0 Å². The molecule has 0 fully saturated rings. The van der Waals surface area contributed by atoms with Crippen molar-refractivity contribution in [3.63, 3.8) is 0 Å². The van der Waals surface area contributed by atoms with Crippen LogP contribution in [0.15, 0.2) is 36.4 Å². The Morgan fingerprint density at radius 1 is 1.09 bits per heavy atom. The molecule has 0 bridgehead atoms. The van der Waals surface area contributed by atoms with Crippen LogP contribution in [0.1, 0.15) is 20.7 Å². The van der Waals surface area contributed by atoms with Crippen molar-refractivity contribution in [2.24, 2.45) is 0 Å². The van der Waals surface area contributed by atoms with Crippen molar-refractivity contribution in [2.75, 3.05) is 6.79 Å². The first kappa shape index (κ1) is 15.1. The van der Waals surface area contributed by atoms with Crippen LogP contribution in [0.5, 0.6) is 11.5 Å². The highest BCUT2D eigenvalue weighted by atomic mass is 35.5. The maximum absolute atomic E-state index is 13.5. The highest BCUT2D eigenvalue weighted by Crippen LogP contribution is 2.39. The molecule has 0 aromatic heterocycles. The largest absolute Gasteiger partial charge is 0.454 e. The second kappa shape index (κ2) is 6.13. The fourth-order valence-corrected chi connectivity index (χ4v) is 2.26. The Hall–Kier alpha value is -2.80. The van der Waals surface area contributed by atoms with Crippen molar-refractivity contribution in [2.45, 2.75) is 0 Å². The minimum absolute atomic E-state index is 0.0180. The minimum Gasteiger partial charge on any atom is -0.454 e. The van der Waals surface area contributed by atoms with E-state index in [-0.39, 0.29) is 22.9 Å². The fraction of sp³-hybridized carbons (Fsp3) is 0.0667. The number of halogens is 2. The molecule has 6 nitrogen and oxygen atoms in total. The zero-order chi connectivity index (χ0) is 16.4. The molecule has 0 unspecified atom stereocenters. The minimum atomic E-state index is -0.775. The van der Waals surface area contributed by atoms with Gasteiger partial charge in [-0.1, -0.05) is 23.7 Å². The van der Waals surface area contributed by atoms with Crippen LogP contribution in [0, 0.1) is 5.82 Å². The molecule has 2 amide bonds. The first-order valence-electron chi connectivity index (χ1n) is 6.50. The van der Waals surface area contributed by atoms with Gasteiger partial charge in [0.05, 0.1) is 10.6 Å². The molecule has 3 rings (SSSR count). The van der Waals surface area contributed by atoms with Crippen LogP contribution in [0.4, 0.5) is 4.39 Å². The highest BCUT2D eigenvalue weighted by Gasteiger charge is 2.21. The molecule has 0 aliphatic carbocycles. The van der Waals surface area contributed by atoms with Gasteiger partial charge in [0.15, 0.2) is 11.5 Å². The van der Waals surface area contributed by atoms with Gasteiger partial charge in [-0.25, -0.2) is 4.39 Å². The van der Waals surface area contributed by atoms with Crippen LogP contribution in [0.2, 0.25) is 5.02 Å². The second-order valence-electron chi connectivity index (χ2n) is 4.58. The monoisotopic (exact) mass is 336 g/mol. The Labute approximate surface area is 135 Å². The summed E-state index contributed by atoms with van der Waals surface area (Å²) < 4.78 is 23.8. The quantitative estimate of drug-likeness (QED) is 0.825. The van der Waals surface area contributed by atoms with Gasteiger partial charge in [-0.3, -0.25) is 20.4 Å². The van der Waals surface area contributed by atoms with E-state index in [1.165, 1.54) is 30.3 Å². The van der Waals surface area contributed by atoms with E-state index in [0.29, 0.717) is 11.5 Å². The molecule has 2 aromatic rings. The third-order valence-electron chi connectivity index (χ3n) is 3.10. The van der Waals surface area contributed by atoms with E-state index in [4.69, 9.17) is 21.1 Å². The average Bonchev–Trinajstić information content (AvgIpc) is 3.01. The molecular formula is C15H10ClFN2O4. The van der Waals surface area contributed by atoms with Crippen LogP contribution < -0.4 is 20.3 Å². The summed E-state index contributed by atoms with van der Waals surface area (Å²) in [6, 6.07) is 8.22. The van der Waals surface area contributed by atoms with Crippen molar-refractivity contribution < 1.29 is 23.5 Å². The van der Waals surface area contributed by atoms with Gasteiger partial charge >= 0.3 is 0 Å². The van der Waals surface area contributed by atoms with E-state index < -0.39 is 17.6 Å². The number of ether oxygens (including phenoxy) is 2. The molecule has 2 N–H and O–H groups in total. The van der Waals surface area contributed by atoms with Crippen LogP contribution in [-0.4, -0.2) is 18.6 Å². The number of amides is 2. The number of hydrazine groups is 1. The zero-order valence-electron chi connectivity index (χ0n) is 11.6. The first-order valence-corrected chi connectivity index (χ1v) is 6.88. The molecule has 0 radical (unpaired) electrons. The lowest BCUT2D eigenvalue weighted by atomic mass is 10.2. The molecule has 118 valence electrons. The molecule has 0 saturated heterocycles. The van der Waals surface area contributed by atoms with Gasteiger partial charge in [0, 0.05) is 5.56 Å². The van der Waals surface area contributed by atoms with Gasteiger partial charge in [0.25, 0.3) is 11.8 Å². The standard InChI is InChI=1S/C15H10ClFN2O4/c16-10-5-8(6-12-13(10)23-7-22-12)14(20)18-19-15(21)9-3-1-2-4-11(9)17/h1-6H,7H2,(H,18,20)(H,19,21). The van der Waals surface area contributed by atoms with Crippen molar-refractivity contribution in [1.29, 1.82) is 0 Å². The Bertz CT molecular complexity index is 797. The summed E-state index contributed by atoms with van der Waals surface area (Å²) in [6.45, 7) is 0.0180. The molecule has 0 saturated carbocycles. The summed E-state index contributed by atoms with van der Waals surface area (Å²) in [6.07, 6.45) is 0. The molecule has 1 heterocycles. The van der Waals surface area contributed by atoms with Gasteiger partial charge in [-0.05, 0) is 24.3 Å². The van der Waals surface area contributed by atoms with E-state index >= 15 is 0 Å². The highest BCUT2D eigenvalue weighted by molar-refractivity contribution is 6.32. The summed E-state index contributed by atoms with van der Waals surface area (Å²) in [4.78, 5) is 23.9. The van der Waals surface area contributed by atoms with Crippen LogP contribution in [-0.2, 0) is 0 Å². The number of nitrogens with one attached hydrogen (secondary N) is 2. The van der Waals surface area contributed by atoms with Gasteiger partial charge in [-0.15, -0.1) is 0 Å². The van der Waals surface area contributed by atoms with Gasteiger partial charge in [0.2, 0.25) is 6.79 Å². The van der Waals surface area contributed by atoms with Crippen molar-refractivity contribution >= 4 is 23.4 Å². The molecule has 23 heavy (non-hydrogen) atoms. The molecular weight excluding hydrogens is 327 g/mol. The van der Waals surface area contributed by atoms with E-state index in [1.807, 2.05) is 0 Å². The molecule has 2 aromatic carbocycles. The number of rotatable bonds is 2. The number of hydrogen-bond acceptors (Lipinski definition) is 4. The van der Waals surface area contributed by atoms with E-state index in [0.717, 1.165) is 6.07 Å². The fourth-order valence-electron chi connectivity index (χ4n) is 2.00. The summed E-state index contributed by atoms with van der Waals surface area (Å²) in [5.74, 6) is -1.40. The van der Waals surface area contributed by atoms with Crippen molar-refractivity contribution in [3.05, 3.63) is 58.4 Å². The molecule has 1 aliphatic rings. The lowest BCUT2D eigenvalue weighted by Crippen LogP contribution is -2.41. The van der Waals surface area contributed by atoms with Crippen LogP contribution in [0.3, 0.4) is 0 Å². The number of carbonyl (C=O) groups is 2. The van der Waals surface area contributed by atoms with Crippen molar-refractivity contribution in [1.82, 2.24) is 10.9 Å². The topological polar surface area (TPSA) is 76.7 Å². The van der Waals surface area contributed by atoms with Gasteiger partial charge < -0.3 is 9.47 Å². The van der Waals surface area contributed by atoms with Gasteiger partial charge in [0.1, 0.15) is 5.82 Å². The average molecular weight is 337 g/mol. The Kier molecular flexibility index (Phi) is 4.03. The number of benzene rings is 2. The number of hydrogen-bond donors (Lipinski definition) is 2. The van der Waals surface area contributed by atoms with Crippen molar-refractivity contribution in [3.8, 4) is 11.5 Å². The SMILES string of the molecule is O=C(NNC(=O)c1ccccc1F)c1cc(Cl)c2c(c1)OCO2. The lowest BCUT2D eigenvalue weighted by Gasteiger charge is -2.09. The Morgan fingerprint density at radius 3 is 2.61 bits per heavy atom. The number of fused-ring (bicyclic) bond motifs is 1. The maximum Gasteiger partial charge on any atom is 0.272 e. The second-order valence-corrected chi connectivity index (χ2v) is 4.99. The summed E-state index contributed by atoms with van der Waals surface area (Å²) in [7, 11) is 0. The maximum atomic E-state index is 13.5. The van der Waals surface area contributed by atoms with E-state index in [1.54, 1.807) is 0 Å².